The molecule has 29 heavy (non-hydrogen) atoms. The quantitative estimate of drug-likeness (QED) is 0.581. The van der Waals surface area contributed by atoms with E-state index in [0.29, 0.717) is 29.4 Å². The van der Waals surface area contributed by atoms with Crippen LogP contribution in [-0.2, 0) is 10.0 Å². The third-order valence-corrected chi connectivity index (χ3v) is 5.56. The molecule has 2 N–H and O–H groups in total. The number of furan rings is 1. The first-order valence-corrected chi connectivity index (χ1v) is 10.6. The van der Waals surface area contributed by atoms with Crippen LogP contribution in [0.4, 0.5) is 5.69 Å². The first-order chi connectivity index (χ1) is 13.9. The summed E-state index contributed by atoms with van der Waals surface area (Å²) in [6, 6.07) is 15.6. The maximum Gasteiger partial charge on any atom is 0.261 e. The van der Waals surface area contributed by atoms with E-state index in [1.807, 2.05) is 6.92 Å². The van der Waals surface area contributed by atoms with E-state index in [-0.39, 0.29) is 16.8 Å². The van der Waals surface area contributed by atoms with Gasteiger partial charge in [-0.2, -0.15) is 0 Å². The molecule has 0 bridgehead atoms. The monoisotopic (exact) mass is 414 g/mol. The Kier molecular flexibility index (Phi) is 6.23. The Balaban J connectivity index is 1.67. The lowest BCUT2D eigenvalue weighted by atomic mass is 10.2. The Bertz CT molecular complexity index is 1040. The summed E-state index contributed by atoms with van der Waals surface area (Å²) in [6.45, 7) is 4.21. The normalized spacial score (nSPS) is 12.2. The number of carbonyl (C=O) groups is 1. The van der Waals surface area contributed by atoms with Gasteiger partial charge in [-0.05, 0) is 74.5 Å². The standard InChI is InChI=1S/C21H22N2O5S/c1-3-27-18-10-8-17(9-11-18)23-29(25,26)19-12-6-16(7-13-19)21(24)22-15(2)20-5-4-14-28-20/h4-15,23H,3H2,1-2H3,(H,22,24)/t15-/m1/s1. The molecule has 3 rings (SSSR count). The Labute approximate surface area is 169 Å². The zero-order valence-electron chi connectivity index (χ0n) is 16.1. The summed E-state index contributed by atoms with van der Waals surface area (Å²) in [5.41, 5.74) is 0.769. The first kappa shape index (κ1) is 20.5. The molecule has 0 saturated heterocycles. The van der Waals surface area contributed by atoms with Crippen LogP contribution < -0.4 is 14.8 Å². The van der Waals surface area contributed by atoms with Crippen molar-refractivity contribution in [2.45, 2.75) is 24.8 Å². The van der Waals surface area contributed by atoms with Crippen LogP contribution in [0.15, 0.2) is 76.2 Å². The molecule has 1 aromatic heterocycles. The summed E-state index contributed by atoms with van der Waals surface area (Å²) >= 11 is 0. The maximum absolute atomic E-state index is 12.6. The molecule has 0 spiro atoms. The van der Waals surface area contributed by atoms with Gasteiger partial charge in [-0.15, -0.1) is 0 Å². The molecule has 0 aliphatic heterocycles. The van der Waals surface area contributed by atoms with Crippen molar-refractivity contribution in [1.82, 2.24) is 5.32 Å². The number of amides is 1. The van der Waals surface area contributed by atoms with Gasteiger partial charge in [0.25, 0.3) is 15.9 Å². The van der Waals surface area contributed by atoms with Gasteiger partial charge in [-0.1, -0.05) is 0 Å². The largest absolute Gasteiger partial charge is 0.494 e. The smallest absolute Gasteiger partial charge is 0.261 e. The molecular formula is C21H22N2O5S. The van der Waals surface area contributed by atoms with Gasteiger partial charge in [0, 0.05) is 11.3 Å². The van der Waals surface area contributed by atoms with Crippen molar-refractivity contribution < 1.29 is 22.4 Å². The van der Waals surface area contributed by atoms with Crippen LogP contribution in [0.25, 0.3) is 0 Å². The highest BCUT2D eigenvalue weighted by Crippen LogP contribution is 2.20. The molecule has 7 nitrogen and oxygen atoms in total. The topological polar surface area (TPSA) is 97.6 Å². The van der Waals surface area contributed by atoms with E-state index in [1.165, 1.54) is 30.5 Å². The van der Waals surface area contributed by atoms with Gasteiger partial charge in [-0.25, -0.2) is 8.42 Å². The van der Waals surface area contributed by atoms with Crippen LogP contribution >= 0.6 is 0 Å². The van der Waals surface area contributed by atoms with Gasteiger partial charge >= 0.3 is 0 Å². The summed E-state index contributed by atoms with van der Waals surface area (Å²) in [4.78, 5) is 12.4. The van der Waals surface area contributed by atoms with Gasteiger partial charge < -0.3 is 14.5 Å². The molecule has 1 atom stereocenters. The fourth-order valence-electron chi connectivity index (χ4n) is 2.67. The molecule has 0 saturated carbocycles. The third-order valence-electron chi connectivity index (χ3n) is 4.16. The number of nitrogens with one attached hydrogen (secondary N) is 2. The van der Waals surface area contributed by atoms with Gasteiger partial charge in [0.15, 0.2) is 0 Å². The number of carbonyl (C=O) groups excluding carboxylic acids is 1. The van der Waals surface area contributed by atoms with Crippen molar-refractivity contribution in [2.75, 3.05) is 11.3 Å². The molecule has 8 heteroatoms. The van der Waals surface area contributed by atoms with Gasteiger partial charge in [0.2, 0.25) is 0 Å². The summed E-state index contributed by atoms with van der Waals surface area (Å²) in [7, 11) is -3.78. The highest BCUT2D eigenvalue weighted by atomic mass is 32.2. The highest BCUT2D eigenvalue weighted by molar-refractivity contribution is 7.92. The van der Waals surface area contributed by atoms with Gasteiger partial charge in [0.05, 0.1) is 23.8 Å². The molecule has 1 amide bonds. The minimum absolute atomic E-state index is 0.0574. The lowest BCUT2D eigenvalue weighted by Gasteiger charge is -2.12. The molecule has 0 fully saturated rings. The Hall–Kier alpha value is -3.26. The SMILES string of the molecule is CCOc1ccc(NS(=O)(=O)c2ccc(C(=O)N[C@H](C)c3ccco3)cc2)cc1. The van der Waals surface area contributed by atoms with Crippen LogP contribution in [0.1, 0.15) is 36.0 Å². The number of hydrogen-bond donors (Lipinski definition) is 2. The number of anilines is 1. The predicted octanol–water partition coefficient (Wildman–Crippen LogP) is 3.97. The zero-order chi connectivity index (χ0) is 20.9. The van der Waals surface area contributed by atoms with Crippen molar-refractivity contribution in [3.8, 4) is 5.75 Å². The molecule has 3 aromatic rings. The van der Waals surface area contributed by atoms with Crippen LogP contribution in [0.3, 0.4) is 0 Å². The second-order valence-corrected chi connectivity index (χ2v) is 7.98. The number of ether oxygens (including phenoxy) is 1. The molecule has 0 radical (unpaired) electrons. The molecular weight excluding hydrogens is 392 g/mol. The Morgan fingerprint density at radius 1 is 1.07 bits per heavy atom. The number of hydrogen-bond acceptors (Lipinski definition) is 5. The summed E-state index contributed by atoms with van der Waals surface area (Å²) in [6.07, 6.45) is 1.54. The van der Waals surface area contributed by atoms with E-state index < -0.39 is 10.0 Å². The van der Waals surface area contributed by atoms with E-state index in [1.54, 1.807) is 43.3 Å². The van der Waals surface area contributed by atoms with Gasteiger partial charge in [-0.3, -0.25) is 9.52 Å². The Morgan fingerprint density at radius 3 is 2.34 bits per heavy atom. The van der Waals surface area contributed by atoms with Crippen LogP contribution in [0.5, 0.6) is 5.75 Å². The number of rotatable bonds is 8. The maximum atomic E-state index is 12.6. The average Bonchev–Trinajstić information content (AvgIpc) is 3.25. The molecule has 0 aliphatic carbocycles. The van der Waals surface area contributed by atoms with E-state index in [0.717, 1.165) is 0 Å². The molecule has 1 heterocycles. The molecule has 2 aromatic carbocycles. The zero-order valence-corrected chi connectivity index (χ0v) is 16.9. The second-order valence-electron chi connectivity index (χ2n) is 6.30. The summed E-state index contributed by atoms with van der Waals surface area (Å²) < 4.78 is 38.3. The predicted molar refractivity (Wildman–Crippen MR) is 109 cm³/mol. The van der Waals surface area contributed by atoms with Crippen LogP contribution in [0.2, 0.25) is 0 Å². The summed E-state index contributed by atoms with van der Waals surface area (Å²) in [5.74, 6) is 0.976. The molecule has 0 unspecified atom stereocenters. The third kappa shape index (κ3) is 5.17. The minimum Gasteiger partial charge on any atom is -0.494 e. The number of sulfonamides is 1. The lowest BCUT2D eigenvalue weighted by Crippen LogP contribution is -2.26. The van der Waals surface area contributed by atoms with E-state index >= 15 is 0 Å². The van der Waals surface area contributed by atoms with Crippen LogP contribution in [0, 0.1) is 0 Å². The van der Waals surface area contributed by atoms with E-state index in [4.69, 9.17) is 9.15 Å². The molecule has 0 aliphatic rings. The summed E-state index contributed by atoms with van der Waals surface area (Å²) in [5, 5.41) is 2.80. The Morgan fingerprint density at radius 2 is 1.76 bits per heavy atom. The first-order valence-electron chi connectivity index (χ1n) is 9.09. The second kappa shape index (κ2) is 8.83. The molecule has 152 valence electrons. The van der Waals surface area contributed by atoms with E-state index in [2.05, 4.69) is 10.0 Å². The van der Waals surface area contributed by atoms with Crippen molar-refractivity contribution in [3.63, 3.8) is 0 Å². The van der Waals surface area contributed by atoms with Crippen LogP contribution in [-0.4, -0.2) is 20.9 Å². The van der Waals surface area contributed by atoms with Gasteiger partial charge in [0.1, 0.15) is 11.5 Å². The van der Waals surface area contributed by atoms with Crippen molar-refractivity contribution in [1.29, 1.82) is 0 Å². The lowest BCUT2D eigenvalue weighted by molar-refractivity contribution is 0.0935. The fourth-order valence-corrected chi connectivity index (χ4v) is 3.73. The van der Waals surface area contributed by atoms with Crippen molar-refractivity contribution in [3.05, 3.63) is 78.3 Å². The van der Waals surface area contributed by atoms with Crippen molar-refractivity contribution in [2.24, 2.45) is 0 Å². The number of benzene rings is 2. The van der Waals surface area contributed by atoms with E-state index in [9.17, 15) is 13.2 Å². The average molecular weight is 414 g/mol. The highest BCUT2D eigenvalue weighted by Gasteiger charge is 2.17. The minimum atomic E-state index is -3.78. The van der Waals surface area contributed by atoms with Crippen molar-refractivity contribution >= 4 is 21.6 Å². The fraction of sp³-hybridized carbons (Fsp3) is 0.190.